The van der Waals surface area contributed by atoms with Gasteiger partial charge in [-0.15, -0.1) is 11.6 Å². The molecule has 3 nitrogen and oxygen atoms in total. The Balaban J connectivity index is 2.47. The number of nitrogens with one attached hydrogen (secondary N) is 1. The first kappa shape index (κ1) is 12.7. The van der Waals surface area contributed by atoms with Crippen molar-refractivity contribution in [3.63, 3.8) is 0 Å². The molecule has 0 bridgehead atoms. The van der Waals surface area contributed by atoms with E-state index in [1.165, 1.54) is 0 Å². The van der Waals surface area contributed by atoms with Gasteiger partial charge in [0.2, 0.25) is 5.91 Å². The highest BCUT2D eigenvalue weighted by molar-refractivity contribution is 6.35. The highest BCUT2D eigenvalue weighted by atomic mass is 35.5. The highest BCUT2D eigenvalue weighted by Gasteiger charge is 2.20. The number of amides is 1. The monoisotopic (exact) mass is 272 g/mol. The number of rotatable bonds is 2. The fourth-order valence-corrected chi connectivity index (χ4v) is 2.42. The number of nitrogens with zero attached hydrogens (tertiary/aromatic N) is 1. The number of halogens is 2. The van der Waals surface area contributed by atoms with Crippen molar-refractivity contribution in [3.05, 3.63) is 22.0 Å². The molecule has 5 heteroatoms. The standard InChI is InChI=1S/C12H14Cl2N2O/c1-7-11(14)12(16-10(17)6-13)8-4-2-3-5-9(8)15-7/h2-6H2,1H3,(H,15,16,17). The topological polar surface area (TPSA) is 42.0 Å². The van der Waals surface area contributed by atoms with Crippen LogP contribution in [0.15, 0.2) is 0 Å². The molecule has 92 valence electrons. The van der Waals surface area contributed by atoms with E-state index in [2.05, 4.69) is 10.3 Å². The molecule has 0 radical (unpaired) electrons. The van der Waals surface area contributed by atoms with Crippen LogP contribution < -0.4 is 5.32 Å². The van der Waals surface area contributed by atoms with Crippen molar-refractivity contribution in [3.8, 4) is 0 Å². The largest absolute Gasteiger partial charge is 0.323 e. The minimum Gasteiger partial charge on any atom is -0.323 e. The molecule has 0 fully saturated rings. The van der Waals surface area contributed by atoms with Gasteiger partial charge in [-0.2, -0.15) is 0 Å². The van der Waals surface area contributed by atoms with Crippen LogP contribution in [-0.2, 0) is 17.6 Å². The van der Waals surface area contributed by atoms with Crippen molar-refractivity contribution < 1.29 is 4.79 Å². The molecular weight excluding hydrogens is 259 g/mol. The average Bonchev–Trinajstić information content (AvgIpc) is 2.34. The summed E-state index contributed by atoms with van der Waals surface area (Å²) in [7, 11) is 0. The van der Waals surface area contributed by atoms with Crippen LogP contribution in [0.25, 0.3) is 0 Å². The van der Waals surface area contributed by atoms with E-state index >= 15 is 0 Å². The number of carbonyl (C=O) groups is 1. The summed E-state index contributed by atoms with van der Waals surface area (Å²) in [6.07, 6.45) is 4.12. The quantitative estimate of drug-likeness (QED) is 0.841. The van der Waals surface area contributed by atoms with Gasteiger partial charge in [0.15, 0.2) is 0 Å². The molecule has 2 rings (SSSR count). The number of pyridine rings is 1. The van der Waals surface area contributed by atoms with Crippen LogP contribution in [-0.4, -0.2) is 16.8 Å². The Morgan fingerprint density at radius 1 is 1.41 bits per heavy atom. The zero-order valence-corrected chi connectivity index (χ0v) is 11.2. The van der Waals surface area contributed by atoms with Crippen LogP contribution in [0.4, 0.5) is 5.69 Å². The molecule has 0 aliphatic heterocycles. The van der Waals surface area contributed by atoms with Gasteiger partial charge in [-0.05, 0) is 38.2 Å². The number of carbonyl (C=O) groups excluding carboxylic acids is 1. The summed E-state index contributed by atoms with van der Waals surface area (Å²) in [5.74, 6) is -0.293. The van der Waals surface area contributed by atoms with E-state index in [4.69, 9.17) is 23.2 Å². The molecule has 1 aliphatic carbocycles. The number of hydrogen-bond donors (Lipinski definition) is 1. The second-order valence-electron chi connectivity index (χ2n) is 4.20. The normalized spacial score (nSPS) is 14.3. The lowest BCUT2D eigenvalue weighted by Gasteiger charge is -2.21. The minimum atomic E-state index is -0.230. The summed E-state index contributed by atoms with van der Waals surface area (Å²) in [4.78, 5) is 15.9. The van der Waals surface area contributed by atoms with Crippen LogP contribution in [0.3, 0.4) is 0 Å². The third kappa shape index (κ3) is 2.55. The SMILES string of the molecule is Cc1nc2c(c(NC(=O)CCl)c1Cl)CCCC2. The van der Waals surface area contributed by atoms with Gasteiger partial charge in [0.1, 0.15) is 5.88 Å². The van der Waals surface area contributed by atoms with Gasteiger partial charge >= 0.3 is 0 Å². The van der Waals surface area contributed by atoms with Gasteiger partial charge in [0.05, 0.1) is 16.4 Å². The van der Waals surface area contributed by atoms with Crippen molar-refractivity contribution in [2.45, 2.75) is 32.6 Å². The first-order valence-corrected chi connectivity index (χ1v) is 6.58. The smallest absolute Gasteiger partial charge is 0.239 e. The van der Waals surface area contributed by atoms with E-state index in [1.54, 1.807) is 0 Å². The van der Waals surface area contributed by atoms with Crippen molar-refractivity contribution in [2.24, 2.45) is 0 Å². The third-order valence-electron chi connectivity index (χ3n) is 2.97. The average molecular weight is 273 g/mol. The van der Waals surface area contributed by atoms with Gasteiger partial charge < -0.3 is 5.32 Å². The second-order valence-corrected chi connectivity index (χ2v) is 4.85. The van der Waals surface area contributed by atoms with E-state index in [0.717, 1.165) is 42.6 Å². The molecule has 0 saturated carbocycles. The molecule has 1 aliphatic rings. The number of fused-ring (bicyclic) bond motifs is 1. The number of hydrogen-bond acceptors (Lipinski definition) is 2. The summed E-state index contributed by atoms with van der Waals surface area (Å²) < 4.78 is 0. The summed E-state index contributed by atoms with van der Waals surface area (Å²) in [5.41, 5.74) is 3.60. The number of aryl methyl sites for hydroxylation is 2. The van der Waals surface area contributed by atoms with Gasteiger partial charge in [0, 0.05) is 5.69 Å². The Morgan fingerprint density at radius 2 is 2.12 bits per heavy atom. The number of anilines is 1. The van der Waals surface area contributed by atoms with Gasteiger partial charge in [-0.1, -0.05) is 11.6 Å². The Kier molecular flexibility index (Phi) is 3.89. The maximum atomic E-state index is 11.4. The molecule has 1 amide bonds. The Labute approximate surface area is 111 Å². The second kappa shape index (κ2) is 5.23. The number of aromatic nitrogens is 1. The summed E-state index contributed by atoms with van der Waals surface area (Å²) >= 11 is 11.7. The van der Waals surface area contributed by atoms with Gasteiger partial charge in [-0.3, -0.25) is 9.78 Å². The minimum absolute atomic E-state index is 0.0630. The Hall–Kier alpha value is -0.800. The lowest BCUT2D eigenvalue weighted by atomic mass is 9.94. The van der Waals surface area contributed by atoms with Crippen molar-refractivity contribution in [1.82, 2.24) is 4.98 Å². The summed E-state index contributed by atoms with van der Waals surface area (Å²) in [5, 5.41) is 3.32. The van der Waals surface area contributed by atoms with Crippen LogP contribution in [0, 0.1) is 6.92 Å². The fraction of sp³-hybridized carbons (Fsp3) is 0.500. The predicted octanol–water partition coefficient (Wildman–Crippen LogP) is 3.10. The van der Waals surface area contributed by atoms with E-state index in [0.29, 0.717) is 10.7 Å². The van der Waals surface area contributed by atoms with Crippen LogP contribution in [0.1, 0.15) is 29.8 Å². The first-order chi connectivity index (χ1) is 8.13. The Morgan fingerprint density at radius 3 is 2.82 bits per heavy atom. The van der Waals surface area contributed by atoms with Crippen LogP contribution >= 0.6 is 23.2 Å². The van der Waals surface area contributed by atoms with Crippen molar-refractivity contribution >= 4 is 34.8 Å². The molecule has 17 heavy (non-hydrogen) atoms. The summed E-state index contributed by atoms with van der Waals surface area (Å²) in [6.45, 7) is 1.85. The predicted molar refractivity (Wildman–Crippen MR) is 70.0 cm³/mol. The Bertz CT molecular complexity index is 460. The molecule has 1 heterocycles. The zero-order valence-electron chi connectivity index (χ0n) is 9.65. The fourth-order valence-electron chi connectivity index (χ4n) is 2.15. The lowest BCUT2D eigenvalue weighted by Crippen LogP contribution is -2.18. The molecule has 0 aromatic carbocycles. The van der Waals surface area contributed by atoms with Crippen LogP contribution in [0.2, 0.25) is 5.02 Å². The molecule has 0 atom stereocenters. The maximum Gasteiger partial charge on any atom is 0.239 e. The number of alkyl halides is 1. The maximum absolute atomic E-state index is 11.4. The molecule has 1 aromatic heterocycles. The van der Waals surface area contributed by atoms with Gasteiger partial charge in [-0.25, -0.2) is 0 Å². The molecule has 1 aromatic rings. The molecule has 0 spiro atoms. The molecule has 0 saturated heterocycles. The molecular formula is C12H14Cl2N2O. The molecule has 0 unspecified atom stereocenters. The lowest BCUT2D eigenvalue weighted by molar-refractivity contribution is -0.113. The van der Waals surface area contributed by atoms with Crippen molar-refractivity contribution in [1.29, 1.82) is 0 Å². The van der Waals surface area contributed by atoms with Gasteiger partial charge in [0.25, 0.3) is 0 Å². The van der Waals surface area contributed by atoms with E-state index in [-0.39, 0.29) is 11.8 Å². The highest BCUT2D eigenvalue weighted by Crippen LogP contribution is 2.34. The van der Waals surface area contributed by atoms with E-state index in [9.17, 15) is 4.79 Å². The molecule has 1 N–H and O–H groups in total. The van der Waals surface area contributed by atoms with Crippen molar-refractivity contribution in [2.75, 3.05) is 11.2 Å². The summed E-state index contributed by atoms with van der Waals surface area (Å²) in [6, 6.07) is 0. The third-order valence-corrected chi connectivity index (χ3v) is 3.67. The van der Waals surface area contributed by atoms with E-state index in [1.807, 2.05) is 6.92 Å². The van der Waals surface area contributed by atoms with E-state index < -0.39 is 0 Å². The zero-order chi connectivity index (χ0) is 12.4. The first-order valence-electron chi connectivity index (χ1n) is 5.67. The van der Waals surface area contributed by atoms with Crippen LogP contribution in [0.5, 0.6) is 0 Å².